The van der Waals surface area contributed by atoms with Crippen molar-refractivity contribution < 1.29 is 14.7 Å². The Hall–Kier alpha value is -2.04. The van der Waals surface area contributed by atoms with E-state index in [1.54, 1.807) is 18.2 Å². The summed E-state index contributed by atoms with van der Waals surface area (Å²) < 4.78 is 0. The zero-order valence-corrected chi connectivity index (χ0v) is 12.2. The number of carboxylic acids is 1. The van der Waals surface area contributed by atoms with Crippen LogP contribution in [0.5, 0.6) is 0 Å². The Bertz CT molecular complexity index is 484. The van der Waals surface area contributed by atoms with E-state index in [1.807, 2.05) is 20.8 Å². The average Bonchev–Trinajstić information content (AvgIpc) is 2.36. The molecule has 3 N–H and O–H groups in total. The van der Waals surface area contributed by atoms with Crippen LogP contribution in [0.3, 0.4) is 0 Å². The van der Waals surface area contributed by atoms with E-state index in [2.05, 4.69) is 10.6 Å². The number of hydrogen-bond acceptors (Lipinski definition) is 3. The number of carboxylic acid groups (broad SMARTS) is 1. The van der Waals surface area contributed by atoms with Crippen LogP contribution in [0.15, 0.2) is 18.2 Å². The fraction of sp³-hybridized carbons (Fsp3) is 0.467. The summed E-state index contributed by atoms with van der Waals surface area (Å²) in [5.74, 6) is -0.588. The Morgan fingerprint density at radius 1 is 1.30 bits per heavy atom. The Labute approximate surface area is 119 Å². The molecule has 0 aliphatic heterocycles. The van der Waals surface area contributed by atoms with Crippen molar-refractivity contribution in [1.82, 2.24) is 5.32 Å². The standard InChI is InChI=1S/C15H22N2O3/c1-10(2)9-17-14(18)6-7-16-13-8-11(3)4-5-12(13)15(19)20/h4-5,8,10,16H,6-7,9H2,1-3H3,(H,17,18)(H,19,20). The average molecular weight is 278 g/mol. The van der Waals surface area contributed by atoms with Crippen LogP contribution in [0.4, 0.5) is 5.69 Å². The Morgan fingerprint density at radius 2 is 2.00 bits per heavy atom. The maximum Gasteiger partial charge on any atom is 0.337 e. The molecule has 0 atom stereocenters. The lowest BCUT2D eigenvalue weighted by Gasteiger charge is -2.11. The molecular formula is C15H22N2O3. The molecule has 0 aliphatic carbocycles. The van der Waals surface area contributed by atoms with Crippen LogP contribution in [-0.4, -0.2) is 30.1 Å². The molecule has 0 radical (unpaired) electrons. The van der Waals surface area contributed by atoms with E-state index in [-0.39, 0.29) is 11.5 Å². The fourth-order valence-corrected chi connectivity index (χ4v) is 1.71. The monoisotopic (exact) mass is 278 g/mol. The summed E-state index contributed by atoms with van der Waals surface area (Å²) in [6, 6.07) is 5.10. The molecule has 5 heteroatoms. The molecule has 1 amide bonds. The summed E-state index contributed by atoms with van der Waals surface area (Å²) in [4.78, 5) is 22.6. The van der Waals surface area contributed by atoms with Crippen LogP contribution in [0, 0.1) is 12.8 Å². The second-order valence-electron chi connectivity index (χ2n) is 5.23. The lowest BCUT2D eigenvalue weighted by atomic mass is 10.1. The molecule has 0 saturated carbocycles. The number of aryl methyl sites for hydroxylation is 1. The van der Waals surface area contributed by atoms with Crippen LogP contribution in [0.2, 0.25) is 0 Å². The van der Waals surface area contributed by atoms with Gasteiger partial charge in [-0.1, -0.05) is 19.9 Å². The molecule has 0 heterocycles. The predicted octanol–water partition coefficient (Wildman–Crippen LogP) is 2.27. The number of nitrogens with one attached hydrogen (secondary N) is 2. The molecule has 1 rings (SSSR count). The maximum absolute atomic E-state index is 11.6. The highest BCUT2D eigenvalue weighted by molar-refractivity contribution is 5.94. The number of amides is 1. The number of aromatic carboxylic acids is 1. The van der Waals surface area contributed by atoms with E-state index in [4.69, 9.17) is 5.11 Å². The topological polar surface area (TPSA) is 78.4 Å². The van der Waals surface area contributed by atoms with Gasteiger partial charge in [-0.15, -0.1) is 0 Å². The van der Waals surface area contributed by atoms with Gasteiger partial charge in [0.1, 0.15) is 0 Å². The molecule has 0 aromatic heterocycles. The van der Waals surface area contributed by atoms with E-state index in [1.165, 1.54) is 0 Å². The van der Waals surface area contributed by atoms with Crippen LogP contribution in [-0.2, 0) is 4.79 Å². The van der Waals surface area contributed by atoms with Gasteiger partial charge < -0.3 is 15.7 Å². The second kappa shape index (κ2) is 7.53. The highest BCUT2D eigenvalue weighted by Crippen LogP contribution is 2.17. The summed E-state index contributed by atoms with van der Waals surface area (Å²) in [7, 11) is 0. The van der Waals surface area contributed by atoms with Crippen LogP contribution in [0.25, 0.3) is 0 Å². The van der Waals surface area contributed by atoms with Gasteiger partial charge in [-0.05, 0) is 30.5 Å². The van der Waals surface area contributed by atoms with Gasteiger partial charge in [0.2, 0.25) is 5.91 Å². The van der Waals surface area contributed by atoms with Gasteiger partial charge in [-0.25, -0.2) is 4.79 Å². The third-order valence-corrected chi connectivity index (χ3v) is 2.78. The van der Waals surface area contributed by atoms with E-state index < -0.39 is 5.97 Å². The molecule has 0 saturated heterocycles. The minimum atomic E-state index is -0.975. The highest BCUT2D eigenvalue weighted by Gasteiger charge is 2.10. The first-order valence-corrected chi connectivity index (χ1v) is 6.74. The van der Waals surface area contributed by atoms with Crippen molar-refractivity contribution in [3.8, 4) is 0 Å². The van der Waals surface area contributed by atoms with E-state index in [0.717, 1.165) is 5.56 Å². The third kappa shape index (κ3) is 5.30. The highest BCUT2D eigenvalue weighted by atomic mass is 16.4. The molecule has 0 bridgehead atoms. The van der Waals surface area contributed by atoms with Crippen LogP contribution >= 0.6 is 0 Å². The molecular weight excluding hydrogens is 256 g/mol. The molecule has 0 spiro atoms. The number of rotatable bonds is 7. The van der Waals surface area contributed by atoms with Gasteiger partial charge in [0.25, 0.3) is 0 Å². The first-order valence-electron chi connectivity index (χ1n) is 6.74. The Kier molecular flexibility index (Phi) is 6.03. The van der Waals surface area contributed by atoms with Crippen molar-refractivity contribution in [1.29, 1.82) is 0 Å². The molecule has 20 heavy (non-hydrogen) atoms. The summed E-state index contributed by atoms with van der Waals surface area (Å²) in [5.41, 5.74) is 1.74. The van der Waals surface area contributed by atoms with E-state index in [9.17, 15) is 9.59 Å². The summed E-state index contributed by atoms with van der Waals surface area (Å²) >= 11 is 0. The van der Waals surface area contributed by atoms with Crippen molar-refractivity contribution in [2.45, 2.75) is 27.2 Å². The first kappa shape index (κ1) is 16.0. The van der Waals surface area contributed by atoms with Gasteiger partial charge in [0.05, 0.1) is 5.56 Å². The second-order valence-corrected chi connectivity index (χ2v) is 5.23. The van der Waals surface area contributed by atoms with Crippen molar-refractivity contribution in [2.75, 3.05) is 18.4 Å². The molecule has 1 aromatic rings. The Morgan fingerprint density at radius 3 is 2.60 bits per heavy atom. The van der Waals surface area contributed by atoms with Gasteiger partial charge in [-0.2, -0.15) is 0 Å². The minimum absolute atomic E-state index is 0.0317. The van der Waals surface area contributed by atoms with E-state index >= 15 is 0 Å². The van der Waals surface area contributed by atoms with Crippen LogP contribution in [0.1, 0.15) is 36.2 Å². The zero-order valence-electron chi connectivity index (χ0n) is 12.2. The molecule has 5 nitrogen and oxygen atoms in total. The number of hydrogen-bond donors (Lipinski definition) is 3. The molecule has 0 unspecified atom stereocenters. The number of benzene rings is 1. The molecule has 0 aliphatic rings. The van der Waals surface area contributed by atoms with Gasteiger partial charge in [-0.3, -0.25) is 4.79 Å². The predicted molar refractivity (Wildman–Crippen MR) is 79.1 cm³/mol. The van der Waals surface area contributed by atoms with Gasteiger partial charge >= 0.3 is 5.97 Å². The van der Waals surface area contributed by atoms with Crippen molar-refractivity contribution in [2.24, 2.45) is 5.92 Å². The van der Waals surface area contributed by atoms with Crippen molar-refractivity contribution in [3.63, 3.8) is 0 Å². The van der Waals surface area contributed by atoms with Crippen molar-refractivity contribution >= 4 is 17.6 Å². The smallest absolute Gasteiger partial charge is 0.337 e. The largest absolute Gasteiger partial charge is 0.478 e. The summed E-state index contributed by atoms with van der Waals surface area (Å²) in [5, 5.41) is 14.9. The van der Waals surface area contributed by atoms with Gasteiger partial charge in [0.15, 0.2) is 0 Å². The first-order chi connectivity index (χ1) is 9.40. The van der Waals surface area contributed by atoms with Crippen molar-refractivity contribution in [3.05, 3.63) is 29.3 Å². The lowest BCUT2D eigenvalue weighted by molar-refractivity contribution is -0.120. The van der Waals surface area contributed by atoms with Gasteiger partial charge in [0, 0.05) is 25.2 Å². The summed E-state index contributed by atoms with van der Waals surface area (Å²) in [6.45, 7) is 7.03. The number of carbonyl (C=O) groups excluding carboxylic acids is 1. The fourth-order valence-electron chi connectivity index (χ4n) is 1.71. The molecule has 0 fully saturated rings. The third-order valence-electron chi connectivity index (χ3n) is 2.78. The zero-order chi connectivity index (χ0) is 15.1. The van der Waals surface area contributed by atoms with Crippen LogP contribution < -0.4 is 10.6 Å². The number of anilines is 1. The maximum atomic E-state index is 11.6. The summed E-state index contributed by atoms with van der Waals surface area (Å²) in [6.07, 6.45) is 0.319. The van der Waals surface area contributed by atoms with E-state index in [0.29, 0.717) is 31.1 Å². The molecule has 1 aromatic carbocycles. The SMILES string of the molecule is Cc1ccc(C(=O)O)c(NCCC(=O)NCC(C)C)c1. The Balaban J connectivity index is 2.51. The number of carbonyl (C=O) groups is 2. The molecule has 110 valence electrons. The minimum Gasteiger partial charge on any atom is -0.478 e. The normalized spacial score (nSPS) is 10.4. The lowest BCUT2D eigenvalue weighted by Crippen LogP contribution is -2.28. The quantitative estimate of drug-likeness (QED) is 0.715.